The second-order valence-corrected chi connectivity index (χ2v) is 19.7. The molecular formula is C42H68O34. The van der Waals surface area contributed by atoms with Crippen molar-refractivity contribution in [2.75, 3.05) is 46.2 Å². The molecule has 0 aromatic rings. The Bertz CT molecular complexity index is 1840. The second kappa shape index (κ2) is 24.6. The van der Waals surface area contributed by atoms with E-state index in [1.807, 2.05) is 0 Å². The first-order chi connectivity index (χ1) is 36.3. The van der Waals surface area contributed by atoms with Crippen LogP contribution >= 0.6 is 0 Å². The molecule has 34 nitrogen and oxygen atoms in total. The van der Waals surface area contributed by atoms with Crippen molar-refractivity contribution in [3.8, 4) is 0 Å². The molecule has 21 saturated heterocycles. The predicted octanol–water partition coefficient (Wildman–Crippen LogP) is -14.2. The van der Waals surface area contributed by atoms with Crippen LogP contribution in [0.3, 0.4) is 0 Å². The fourth-order valence-corrected chi connectivity index (χ4v) is 10.7. The Kier molecular flexibility index (Phi) is 19.2. The van der Waals surface area contributed by atoms with Gasteiger partial charge in [0.05, 0.1) is 46.2 Å². The predicted molar refractivity (Wildman–Crippen MR) is 225 cm³/mol. The number of epoxide rings is 1. The van der Waals surface area contributed by atoms with Gasteiger partial charge in [0.1, 0.15) is 171 Å². The Hall–Kier alpha value is -1.36. The Balaban J connectivity index is 0.984. The highest BCUT2D eigenvalue weighted by Crippen LogP contribution is 2.43. The fraction of sp³-hybridized carbons (Fsp3) is 1.00. The van der Waals surface area contributed by atoms with Gasteiger partial charge in [0.25, 0.3) is 0 Å². The number of fused-ring (bicyclic) bond motifs is 1. The van der Waals surface area contributed by atoms with Gasteiger partial charge in [-0.1, -0.05) is 0 Å². The quantitative estimate of drug-likeness (QED) is 0.105. The van der Waals surface area contributed by atoms with Crippen LogP contribution in [-0.4, -0.2) is 358 Å². The lowest BCUT2D eigenvalue weighted by Gasteiger charge is -2.50. The first-order valence-electron chi connectivity index (χ1n) is 24.6. The third kappa shape index (κ3) is 11.2. The van der Waals surface area contributed by atoms with Crippen LogP contribution in [0, 0.1) is 0 Å². The molecule has 0 radical (unpaired) electrons. The lowest BCUT2D eigenvalue weighted by Crippen LogP contribution is -2.68. The van der Waals surface area contributed by atoms with Gasteiger partial charge in [-0.25, -0.2) is 0 Å². The molecule has 0 aliphatic carbocycles. The van der Waals surface area contributed by atoms with Crippen LogP contribution in [0.2, 0.25) is 0 Å². The largest absolute Gasteiger partial charge is 0.394 e. The maximum Gasteiger partial charge on any atom is 0.187 e. The average molecular weight is 1120 g/mol. The molecule has 0 amide bonds. The lowest BCUT2D eigenvalue weighted by molar-refractivity contribution is -0.396. The molecule has 0 aromatic heterocycles. The van der Waals surface area contributed by atoms with Crippen LogP contribution in [0.15, 0.2) is 0 Å². The highest BCUT2D eigenvalue weighted by atomic mass is 16.8. The van der Waals surface area contributed by atoms with Crippen LogP contribution in [0.4, 0.5) is 0 Å². The number of aliphatic hydroxyl groups is 19. The molecule has 0 aromatic carbocycles. The number of hydrogen-bond acceptors (Lipinski definition) is 34. The lowest BCUT2D eigenvalue weighted by atomic mass is 9.95. The summed E-state index contributed by atoms with van der Waals surface area (Å²) < 4.78 is 86.4. The zero-order valence-corrected chi connectivity index (χ0v) is 39.8. The topological polar surface area (TPSA) is 526 Å². The van der Waals surface area contributed by atoms with Crippen molar-refractivity contribution in [1.82, 2.24) is 0 Å². The minimum absolute atomic E-state index is 0.822. The molecule has 0 saturated carbocycles. The van der Waals surface area contributed by atoms with Crippen molar-refractivity contribution in [2.45, 2.75) is 215 Å². The van der Waals surface area contributed by atoms with E-state index in [9.17, 15) is 97.0 Å². The summed E-state index contributed by atoms with van der Waals surface area (Å²) in [5.41, 5.74) is 0. The Morgan fingerprint density at radius 1 is 0.158 bits per heavy atom. The second-order valence-electron chi connectivity index (χ2n) is 19.7. The van der Waals surface area contributed by atoms with Gasteiger partial charge in [0.2, 0.25) is 0 Å². The Labute approximate surface area is 428 Å². The first-order valence-corrected chi connectivity index (χ1v) is 24.6. The molecule has 21 aliphatic rings. The van der Waals surface area contributed by atoms with Gasteiger partial charge in [-0.2, -0.15) is 0 Å². The van der Waals surface area contributed by atoms with Gasteiger partial charge in [-0.3, -0.25) is 0 Å². The summed E-state index contributed by atoms with van der Waals surface area (Å²) in [4.78, 5) is 0. The number of ether oxygens (including phenoxy) is 15. The van der Waals surface area contributed by atoms with Crippen LogP contribution in [-0.2, 0) is 71.1 Å². The molecule has 34 heteroatoms. The monoisotopic (exact) mass is 1120 g/mol. The van der Waals surface area contributed by atoms with Crippen molar-refractivity contribution < 1.29 is 168 Å². The van der Waals surface area contributed by atoms with Crippen LogP contribution in [0.5, 0.6) is 0 Å². The van der Waals surface area contributed by atoms with Gasteiger partial charge in [0, 0.05) is 0 Å². The Morgan fingerprint density at radius 2 is 0.329 bits per heavy atom. The van der Waals surface area contributed by atoms with Gasteiger partial charge < -0.3 is 168 Å². The van der Waals surface area contributed by atoms with Gasteiger partial charge in [0.15, 0.2) is 44.0 Å². The third-order valence-corrected chi connectivity index (χ3v) is 15.0. The van der Waals surface area contributed by atoms with E-state index in [0.29, 0.717) is 0 Å². The molecule has 21 aliphatic heterocycles. The van der Waals surface area contributed by atoms with Crippen LogP contribution in [0.1, 0.15) is 0 Å². The zero-order valence-electron chi connectivity index (χ0n) is 39.8. The van der Waals surface area contributed by atoms with Crippen molar-refractivity contribution in [3.63, 3.8) is 0 Å². The normalized spacial score (nSPS) is 56.3. The van der Waals surface area contributed by atoms with Gasteiger partial charge in [-0.15, -0.1) is 0 Å². The van der Waals surface area contributed by atoms with Crippen LogP contribution in [0.25, 0.3) is 0 Å². The van der Waals surface area contributed by atoms with E-state index >= 15 is 0 Å². The maximum absolute atomic E-state index is 11.4. The van der Waals surface area contributed by atoms with Crippen molar-refractivity contribution in [3.05, 3.63) is 0 Å². The summed E-state index contributed by atoms with van der Waals surface area (Å²) in [7, 11) is 0. The molecule has 21 heterocycles. The third-order valence-electron chi connectivity index (χ3n) is 15.0. The smallest absolute Gasteiger partial charge is 0.187 e. The summed E-state index contributed by atoms with van der Waals surface area (Å²) in [6.45, 7) is -6.76. The minimum Gasteiger partial charge on any atom is -0.394 e. The SMILES string of the molecule is OC[C@H]1O[C@@H]2O[C@H]3[C@H](O)[C@@H](O)[C@@H](O[C@H]4[C@@H](O)[C@H](O)[C@@H](O[C@H]5[C@@H](O)[C@H](O)[C@@H](O[C@H]6[C@H]7O[C@H]7[C@@H](O[C@H]7[C@H](O)[C@@H](O)[C@@H](O[C@H]8[C@H](O)[C@@H](O)[C@@H](O[C@H]1[C@H](O)[C@H]2O)O[C@@H]8CO)O[C@@H]7CO)O[C@@H]6CO)O[C@@H]5CO)O[C@@H]4CO)O[C@@H]3CO. The molecule has 21 fully saturated rings. The number of hydrogen-bond donors (Lipinski definition) is 19. The van der Waals surface area contributed by atoms with Gasteiger partial charge in [-0.05, 0) is 0 Å². The van der Waals surface area contributed by atoms with E-state index in [2.05, 4.69) is 0 Å². The minimum atomic E-state index is -2.18. The maximum atomic E-state index is 11.4. The summed E-state index contributed by atoms with van der Waals surface area (Å²) in [6.07, 6.45) is -64.2. The molecule has 76 heavy (non-hydrogen) atoms. The molecular weight excluding hydrogens is 1050 g/mol. The standard InChI is InChI=1S/C42H68O34/c43-1-8-27-15(50)22(57)37(63-8)72-29-10(3-45)65-39(24(59)17(29)52)74-31-12(5-47)67-41(26(61)19(31)54)76-33-14(7-49)68-42(35-34(33)69-35)75-32-13(6-48)66-40(25(60)20(32)55)73-30-11(4-46)64-38(23(58)18(30)53)71-28-9(2-44)62-36(70-27)21(56)16(28)51/h8-61H,1-7H2/t8-,9-,10-,11-,12-,13-,14-,15-,16-,17+,18-,19+,20-,21-,22-,23-,24+,25-,26+,27-,28-,29-,30-,31-,32-,33-,34-,35-,36-,37-,38-,39-,40-,41-,42-/m1/s1. The number of rotatable bonds is 7. The summed E-state index contributed by atoms with van der Waals surface area (Å²) >= 11 is 0. The first kappa shape index (κ1) is 59.3. The summed E-state index contributed by atoms with van der Waals surface area (Å²) in [6, 6.07) is 0. The molecule has 19 N–H and O–H groups in total. The highest BCUT2D eigenvalue weighted by Gasteiger charge is 2.63. The zero-order chi connectivity index (χ0) is 54.8. The molecule has 440 valence electrons. The van der Waals surface area contributed by atoms with E-state index < -0.39 is 261 Å². The van der Waals surface area contributed by atoms with E-state index in [4.69, 9.17) is 71.1 Å². The van der Waals surface area contributed by atoms with Crippen LogP contribution < -0.4 is 0 Å². The summed E-state index contributed by atoms with van der Waals surface area (Å²) in [5, 5.41) is 208. The fourth-order valence-electron chi connectivity index (χ4n) is 10.7. The molecule has 21 rings (SSSR count). The van der Waals surface area contributed by atoms with E-state index in [-0.39, 0.29) is 0 Å². The van der Waals surface area contributed by atoms with Crippen molar-refractivity contribution in [1.29, 1.82) is 0 Å². The molecule has 0 spiro atoms. The molecule has 35 atom stereocenters. The molecule has 0 unspecified atom stereocenters. The summed E-state index contributed by atoms with van der Waals surface area (Å²) in [5.74, 6) is 0. The molecule has 14 bridgehead atoms. The highest BCUT2D eigenvalue weighted by molar-refractivity contribution is 5.05. The van der Waals surface area contributed by atoms with Gasteiger partial charge >= 0.3 is 0 Å². The number of aliphatic hydroxyl groups excluding tert-OH is 19. The van der Waals surface area contributed by atoms with E-state index in [1.54, 1.807) is 0 Å². The average Bonchev–Trinajstić information content (AvgIpc) is 4.25. The van der Waals surface area contributed by atoms with Crippen molar-refractivity contribution >= 4 is 0 Å². The van der Waals surface area contributed by atoms with Crippen molar-refractivity contribution in [2.24, 2.45) is 0 Å². The van der Waals surface area contributed by atoms with E-state index in [1.165, 1.54) is 0 Å². The van der Waals surface area contributed by atoms with E-state index in [0.717, 1.165) is 0 Å². The Morgan fingerprint density at radius 3 is 0.539 bits per heavy atom.